The molecule has 1 heterocycles. The zero-order valence-corrected chi connectivity index (χ0v) is 14.0. The van der Waals surface area contributed by atoms with Crippen LogP contribution in [0.15, 0.2) is 24.3 Å². The maximum atomic E-state index is 12.4. The second-order valence-corrected chi connectivity index (χ2v) is 6.54. The van der Waals surface area contributed by atoms with Crippen LogP contribution in [0.1, 0.15) is 50.5 Å². The van der Waals surface area contributed by atoms with E-state index in [9.17, 15) is 4.79 Å². The van der Waals surface area contributed by atoms with Crippen LogP contribution in [0.5, 0.6) is 0 Å². The highest BCUT2D eigenvalue weighted by atomic mass is 35.5. The molecule has 22 heavy (non-hydrogen) atoms. The average molecular weight is 323 g/mol. The average Bonchev–Trinajstić information content (AvgIpc) is 2.97. The second kappa shape index (κ2) is 9.16. The van der Waals surface area contributed by atoms with Gasteiger partial charge in [-0.2, -0.15) is 0 Å². The van der Waals surface area contributed by atoms with E-state index in [1.54, 1.807) is 0 Å². The van der Waals surface area contributed by atoms with E-state index >= 15 is 0 Å². The molecule has 4 heteroatoms. The van der Waals surface area contributed by atoms with Crippen LogP contribution in [0.25, 0.3) is 0 Å². The van der Waals surface area contributed by atoms with E-state index in [-0.39, 0.29) is 0 Å². The molecule has 1 aromatic rings. The number of amides is 1. The predicted octanol–water partition coefficient (Wildman–Crippen LogP) is 3.78. The van der Waals surface area contributed by atoms with Crippen LogP contribution in [0.2, 0.25) is 5.02 Å². The quantitative estimate of drug-likeness (QED) is 0.740. The molecule has 1 fully saturated rings. The van der Waals surface area contributed by atoms with Gasteiger partial charge in [-0.25, -0.2) is 0 Å². The van der Waals surface area contributed by atoms with Gasteiger partial charge >= 0.3 is 0 Å². The van der Waals surface area contributed by atoms with Crippen LogP contribution >= 0.6 is 11.6 Å². The first-order valence-electron chi connectivity index (χ1n) is 8.45. The number of hydrogen-bond acceptors (Lipinski definition) is 2. The van der Waals surface area contributed by atoms with Crippen molar-refractivity contribution < 1.29 is 4.79 Å². The number of hydrogen-bond donors (Lipinski definition) is 1. The van der Waals surface area contributed by atoms with E-state index in [2.05, 4.69) is 11.0 Å². The van der Waals surface area contributed by atoms with E-state index in [0.29, 0.717) is 18.4 Å². The summed E-state index contributed by atoms with van der Waals surface area (Å²) in [4.78, 5) is 14.5. The Balaban J connectivity index is 1.82. The van der Waals surface area contributed by atoms with E-state index in [4.69, 9.17) is 17.3 Å². The van der Waals surface area contributed by atoms with Gasteiger partial charge < -0.3 is 10.6 Å². The summed E-state index contributed by atoms with van der Waals surface area (Å²) in [6.45, 7) is 1.65. The first-order valence-corrected chi connectivity index (χ1v) is 8.83. The minimum atomic E-state index is 0.308. The Bertz CT molecular complexity index is 478. The number of likely N-dealkylation sites (tertiary alicyclic amines) is 1. The normalized spacial score (nSPS) is 17.9. The smallest absolute Gasteiger partial charge is 0.222 e. The van der Waals surface area contributed by atoms with Gasteiger partial charge in [-0.05, 0) is 50.3 Å². The van der Waals surface area contributed by atoms with E-state index < -0.39 is 0 Å². The summed E-state index contributed by atoms with van der Waals surface area (Å²) in [5, 5.41) is 0.809. The van der Waals surface area contributed by atoms with Crippen LogP contribution in [0, 0.1) is 0 Å². The molecule has 1 saturated heterocycles. The second-order valence-electron chi connectivity index (χ2n) is 6.13. The van der Waals surface area contributed by atoms with Crippen molar-refractivity contribution in [1.29, 1.82) is 0 Å². The molecule has 1 aliphatic rings. The number of benzene rings is 1. The molecule has 1 amide bonds. The van der Waals surface area contributed by atoms with Gasteiger partial charge in [0, 0.05) is 24.0 Å². The third kappa shape index (κ3) is 4.99. The molecule has 0 bridgehead atoms. The molecule has 2 N–H and O–H groups in total. The lowest BCUT2D eigenvalue weighted by molar-refractivity contribution is -0.132. The van der Waals surface area contributed by atoms with Crippen molar-refractivity contribution in [3.63, 3.8) is 0 Å². The molecule has 1 atom stereocenters. The molecule has 3 nitrogen and oxygen atoms in total. The van der Waals surface area contributed by atoms with E-state index in [0.717, 1.165) is 68.6 Å². The third-order valence-electron chi connectivity index (χ3n) is 4.46. The molecule has 1 aliphatic heterocycles. The Morgan fingerprint density at radius 2 is 2.00 bits per heavy atom. The number of carbonyl (C=O) groups is 1. The summed E-state index contributed by atoms with van der Waals surface area (Å²) in [7, 11) is 0. The Morgan fingerprint density at radius 3 is 2.77 bits per heavy atom. The zero-order valence-electron chi connectivity index (χ0n) is 13.3. The van der Waals surface area contributed by atoms with Crippen LogP contribution in [-0.4, -0.2) is 29.9 Å². The summed E-state index contributed by atoms with van der Waals surface area (Å²) in [6, 6.07) is 8.27. The maximum absolute atomic E-state index is 12.4. The van der Waals surface area contributed by atoms with Crippen molar-refractivity contribution in [2.24, 2.45) is 5.73 Å². The van der Waals surface area contributed by atoms with Gasteiger partial charge in [0.15, 0.2) is 0 Å². The van der Waals surface area contributed by atoms with Crippen molar-refractivity contribution in [3.8, 4) is 0 Å². The first kappa shape index (κ1) is 17.3. The third-order valence-corrected chi connectivity index (χ3v) is 4.82. The topological polar surface area (TPSA) is 46.3 Å². The summed E-state index contributed by atoms with van der Waals surface area (Å²) in [6.07, 6.45) is 8.01. The van der Waals surface area contributed by atoms with Crippen molar-refractivity contribution in [3.05, 3.63) is 34.9 Å². The Hall–Kier alpha value is -1.06. The summed E-state index contributed by atoms with van der Waals surface area (Å²) < 4.78 is 0. The fraction of sp³-hybridized carbons (Fsp3) is 0.611. The maximum Gasteiger partial charge on any atom is 0.222 e. The molecule has 0 saturated carbocycles. The first-order chi connectivity index (χ1) is 10.7. The van der Waals surface area contributed by atoms with Gasteiger partial charge in [-0.3, -0.25) is 4.79 Å². The lowest BCUT2D eigenvalue weighted by atomic mass is 10.0. The number of nitrogens with zero attached hydrogens (tertiary/aromatic N) is 1. The standard InChI is InChI=1S/C18H27ClN2O/c19-17-10-5-4-8-15(17)14-16-9-7-13-21(16)18(22)11-3-1-2-6-12-20/h4-5,8,10,16H,1-3,6-7,9,11-14,20H2. The SMILES string of the molecule is NCCCCCCC(=O)N1CCCC1Cc1ccccc1Cl. The van der Waals surface area contributed by atoms with E-state index in [1.807, 2.05) is 18.2 Å². The Morgan fingerprint density at radius 1 is 1.23 bits per heavy atom. The van der Waals surface area contributed by atoms with Crippen molar-refractivity contribution in [2.45, 2.75) is 57.4 Å². The molecule has 122 valence electrons. The predicted molar refractivity (Wildman–Crippen MR) is 92.0 cm³/mol. The van der Waals surface area contributed by atoms with Gasteiger partial charge in [0.2, 0.25) is 5.91 Å². The van der Waals surface area contributed by atoms with Crippen LogP contribution in [0.4, 0.5) is 0 Å². The largest absolute Gasteiger partial charge is 0.339 e. The fourth-order valence-electron chi connectivity index (χ4n) is 3.21. The van der Waals surface area contributed by atoms with Gasteiger partial charge in [0.05, 0.1) is 0 Å². The lowest BCUT2D eigenvalue weighted by Crippen LogP contribution is -2.36. The molecule has 0 spiro atoms. The minimum absolute atomic E-state index is 0.308. The monoisotopic (exact) mass is 322 g/mol. The molecule has 1 unspecified atom stereocenters. The highest BCUT2D eigenvalue weighted by Crippen LogP contribution is 2.25. The number of unbranched alkanes of at least 4 members (excludes halogenated alkanes) is 3. The molecule has 0 radical (unpaired) electrons. The molecule has 1 aromatic carbocycles. The van der Waals surface area contributed by atoms with Gasteiger partial charge in [-0.15, -0.1) is 0 Å². The minimum Gasteiger partial charge on any atom is -0.339 e. The van der Waals surface area contributed by atoms with Gasteiger partial charge in [0.25, 0.3) is 0 Å². The summed E-state index contributed by atoms with van der Waals surface area (Å²) in [5.74, 6) is 0.308. The van der Waals surface area contributed by atoms with Crippen LogP contribution in [0.3, 0.4) is 0 Å². The Kier molecular flexibility index (Phi) is 7.20. The van der Waals surface area contributed by atoms with Gasteiger partial charge in [0.1, 0.15) is 0 Å². The van der Waals surface area contributed by atoms with Crippen LogP contribution in [-0.2, 0) is 11.2 Å². The number of rotatable bonds is 8. The number of nitrogens with two attached hydrogens (primary N) is 1. The van der Waals surface area contributed by atoms with E-state index in [1.165, 1.54) is 0 Å². The lowest BCUT2D eigenvalue weighted by Gasteiger charge is -2.25. The molecular weight excluding hydrogens is 296 g/mol. The summed E-state index contributed by atoms with van der Waals surface area (Å²) >= 11 is 6.25. The molecule has 0 aliphatic carbocycles. The van der Waals surface area contributed by atoms with Crippen LogP contribution < -0.4 is 5.73 Å². The molecular formula is C18H27ClN2O. The summed E-state index contributed by atoms with van der Waals surface area (Å²) in [5.41, 5.74) is 6.64. The van der Waals surface area contributed by atoms with Crippen molar-refractivity contribution in [1.82, 2.24) is 4.90 Å². The van der Waals surface area contributed by atoms with Gasteiger partial charge in [-0.1, -0.05) is 42.6 Å². The fourth-order valence-corrected chi connectivity index (χ4v) is 3.42. The number of carbonyl (C=O) groups excluding carboxylic acids is 1. The van der Waals surface area contributed by atoms with Crippen molar-refractivity contribution in [2.75, 3.05) is 13.1 Å². The zero-order chi connectivity index (χ0) is 15.8. The highest BCUT2D eigenvalue weighted by molar-refractivity contribution is 6.31. The molecule has 0 aromatic heterocycles. The number of halogens is 1. The van der Waals surface area contributed by atoms with Crippen molar-refractivity contribution >= 4 is 17.5 Å². The molecule has 2 rings (SSSR count). The Labute approximate surface area is 138 Å². The highest BCUT2D eigenvalue weighted by Gasteiger charge is 2.28.